The van der Waals surface area contributed by atoms with Crippen molar-refractivity contribution in [2.45, 2.75) is 19.8 Å². The number of carbonyl (C=O) groups is 1. The second kappa shape index (κ2) is 4.05. The molecule has 0 atom stereocenters. The third-order valence-electron chi connectivity index (χ3n) is 3.61. The third kappa shape index (κ3) is 1.66. The van der Waals surface area contributed by atoms with Crippen molar-refractivity contribution in [3.8, 4) is 11.1 Å². The summed E-state index contributed by atoms with van der Waals surface area (Å²) < 4.78 is 0. The Hall–Kier alpha value is -2.43. The van der Waals surface area contributed by atoms with Gasteiger partial charge in [0.25, 0.3) is 11.5 Å². The van der Waals surface area contributed by atoms with Crippen LogP contribution in [0.25, 0.3) is 11.1 Å². The highest BCUT2D eigenvalue weighted by Gasteiger charge is 2.23. The minimum Gasteiger partial charge on any atom is -0.365 e. The molecule has 5 heteroatoms. The zero-order chi connectivity index (χ0) is 13.6. The largest absolute Gasteiger partial charge is 0.365 e. The molecule has 2 aromatic heterocycles. The topological polar surface area (TPSA) is 88.8 Å². The summed E-state index contributed by atoms with van der Waals surface area (Å²) in [6, 6.07) is 1.91. The lowest BCUT2D eigenvalue weighted by molar-refractivity contribution is 0.0998. The quantitative estimate of drug-likeness (QED) is 0.794. The number of hydrogen-bond acceptors (Lipinski definition) is 3. The standard InChI is InChI=1S/C14H13N3O2/c1-7-11-9-4-5-16-6-8(9)2-3-10(11)17-14(19)12(7)13(15)18/h4-6H,2-3H2,1H3,(H2,15,18)(H,17,19). The molecule has 0 saturated carbocycles. The van der Waals surface area contributed by atoms with Crippen molar-refractivity contribution >= 4 is 5.91 Å². The maximum absolute atomic E-state index is 11.9. The molecule has 96 valence electrons. The number of amides is 1. The highest BCUT2D eigenvalue weighted by Crippen LogP contribution is 2.34. The first-order valence-electron chi connectivity index (χ1n) is 6.08. The van der Waals surface area contributed by atoms with E-state index in [0.29, 0.717) is 5.56 Å². The van der Waals surface area contributed by atoms with Gasteiger partial charge in [0.15, 0.2) is 0 Å². The van der Waals surface area contributed by atoms with Gasteiger partial charge in [-0.2, -0.15) is 0 Å². The molecule has 19 heavy (non-hydrogen) atoms. The number of fused-ring (bicyclic) bond motifs is 3. The summed E-state index contributed by atoms with van der Waals surface area (Å²) in [5.41, 5.74) is 9.52. The van der Waals surface area contributed by atoms with E-state index in [0.717, 1.165) is 35.2 Å². The van der Waals surface area contributed by atoms with Gasteiger partial charge in [-0.1, -0.05) is 0 Å². The van der Waals surface area contributed by atoms with Crippen LogP contribution in [0.1, 0.15) is 27.2 Å². The van der Waals surface area contributed by atoms with Crippen molar-refractivity contribution in [2.75, 3.05) is 0 Å². The molecule has 0 bridgehead atoms. The number of aromatic amines is 1. The first kappa shape index (κ1) is 11.6. The minimum absolute atomic E-state index is 0.0448. The number of hydrogen-bond donors (Lipinski definition) is 2. The number of pyridine rings is 2. The van der Waals surface area contributed by atoms with Crippen LogP contribution in [-0.4, -0.2) is 15.9 Å². The van der Waals surface area contributed by atoms with Crippen molar-refractivity contribution in [3.05, 3.63) is 51.2 Å². The van der Waals surface area contributed by atoms with E-state index in [9.17, 15) is 9.59 Å². The molecule has 5 nitrogen and oxygen atoms in total. The summed E-state index contributed by atoms with van der Waals surface area (Å²) in [5.74, 6) is -0.692. The van der Waals surface area contributed by atoms with Gasteiger partial charge in [-0.05, 0) is 42.5 Å². The summed E-state index contributed by atoms with van der Waals surface area (Å²) in [6.07, 6.45) is 5.11. The van der Waals surface area contributed by atoms with E-state index in [1.54, 1.807) is 13.1 Å². The van der Waals surface area contributed by atoms with Crippen molar-refractivity contribution in [3.63, 3.8) is 0 Å². The molecule has 2 aromatic rings. The number of aryl methyl sites for hydroxylation is 2. The Labute approximate surface area is 109 Å². The number of aromatic nitrogens is 2. The molecule has 3 N–H and O–H groups in total. The molecule has 1 aliphatic carbocycles. The predicted octanol–water partition coefficient (Wildman–Crippen LogP) is 0.943. The monoisotopic (exact) mass is 255 g/mol. The smallest absolute Gasteiger partial charge is 0.261 e. The lowest BCUT2D eigenvalue weighted by Gasteiger charge is -2.21. The van der Waals surface area contributed by atoms with Gasteiger partial charge in [0.1, 0.15) is 5.56 Å². The molecular weight excluding hydrogens is 242 g/mol. The molecule has 0 aliphatic heterocycles. The van der Waals surface area contributed by atoms with E-state index in [1.165, 1.54) is 0 Å². The van der Waals surface area contributed by atoms with E-state index in [2.05, 4.69) is 9.97 Å². The minimum atomic E-state index is -0.692. The highest BCUT2D eigenvalue weighted by atomic mass is 16.2. The third-order valence-corrected chi connectivity index (χ3v) is 3.61. The van der Waals surface area contributed by atoms with Crippen LogP contribution in [0.4, 0.5) is 0 Å². The van der Waals surface area contributed by atoms with Crippen molar-refractivity contribution in [1.29, 1.82) is 0 Å². The molecule has 0 spiro atoms. The lowest BCUT2D eigenvalue weighted by atomic mass is 9.86. The molecule has 3 rings (SSSR count). The van der Waals surface area contributed by atoms with Crippen LogP contribution in [0.3, 0.4) is 0 Å². The number of nitrogens with two attached hydrogens (primary N) is 1. The molecule has 0 unspecified atom stereocenters. The Kier molecular flexibility index (Phi) is 2.48. The van der Waals surface area contributed by atoms with E-state index in [-0.39, 0.29) is 5.56 Å². The first-order chi connectivity index (χ1) is 9.09. The summed E-state index contributed by atoms with van der Waals surface area (Å²) >= 11 is 0. The van der Waals surface area contributed by atoms with Crippen LogP contribution in [0.15, 0.2) is 23.3 Å². The summed E-state index contributed by atoms with van der Waals surface area (Å²) in [5, 5.41) is 0. The maximum atomic E-state index is 11.9. The number of carbonyl (C=O) groups excluding carboxylic acids is 1. The average Bonchev–Trinajstić information content (AvgIpc) is 2.37. The van der Waals surface area contributed by atoms with Crippen LogP contribution >= 0.6 is 0 Å². The number of nitrogens with one attached hydrogen (secondary N) is 1. The van der Waals surface area contributed by atoms with Gasteiger partial charge in [-0.3, -0.25) is 14.6 Å². The molecule has 0 radical (unpaired) electrons. The van der Waals surface area contributed by atoms with E-state index in [1.807, 2.05) is 12.3 Å². The fraction of sp³-hybridized carbons (Fsp3) is 0.214. The van der Waals surface area contributed by atoms with Crippen LogP contribution in [0, 0.1) is 6.92 Å². The fourth-order valence-corrected chi connectivity index (χ4v) is 2.76. The molecule has 1 aliphatic rings. The van der Waals surface area contributed by atoms with Gasteiger partial charge in [-0.25, -0.2) is 0 Å². The van der Waals surface area contributed by atoms with Crippen LogP contribution in [-0.2, 0) is 12.8 Å². The zero-order valence-electron chi connectivity index (χ0n) is 10.5. The van der Waals surface area contributed by atoms with Gasteiger partial charge < -0.3 is 10.7 Å². The second-order valence-corrected chi connectivity index (χ2v) is 4.70. The number of nitrogens with zero attached hydrogens (tertiary/aromatic N) is 1. The Balaban J connectivity index is 2.39. The zero-order valence-corrected chi connectivity index (χ0v) is 10.5. The lowest BCUT2D eigenvalue weighted by Crippen LogP contribution is -2.28. The average molecular weight is 255 g/mol. The summed E-state index contributed by atoms with van der Waals surface area (Å²) in [4.78, 5) is 30.2. The second-order valence-electron chi connectivity index (χ2n) is 4.70. The molecule has 1 amide bonds. The predicted molar refractivity (Wildman–Crippen MR) is 71.0 cm³/mol. The van der Waals surface area contributed by atoms with Crippen molar-refractivity contribution < 1.29 is 4.79 Å². The van der Waals surface area contributed by atoms with Crippen LogP contribution < -0.4 is 11.3 Å². The Bertz CT molecular complexity index is 747. The Morgan fingerprint density at radius 2 is 2.21 bits per heavy atom. The fourth-order valence-electron chi connectivity index (χ4n) is 2.76. The molecular formula is C14H13N3O2. The van der Waals surface area contributed by atoms with Gasteiger partial charge in [0.05, 0.1) is 0 Å². The van der Waals surface area contributed by atoms with Crippen LogP contribution in [0.2, 0.25) is 0 Å². The van der Waals surface area contributed by atoms with Gasteiger partial charge in [-0.15, -0.1) is 0 Å². The maximum Gasteiger partial charge on any atom is 0.261 e. The molecule has 0 saturated heterocycles. The van der Waals surface area contributed by atoms with Gasteiger partial charge in [0.2, 0.25) is 0 Å². The summed E-state index contributed by atoms with van der Waals surface area (Å²) in [7, 11) is 0. The SMILES string of the molecule is Cc1c2c([nH]c(=O)c1C(N)=O)CCc1cnccc1-2. The van der Waals surface area contributed by atoms with Crippen molar-refractivity contribution in [1.82, 2.24) is 9.97 Å². The summed E-state index contributed by atoms with van der Waals surface area (Å²) in [6.45, 7) is 1.77. The van der Waals surface area contributed by atoms with E-state index < -0.39 is 11.5 Å². The molecule has 0 aromatic carbocycles. The highest BCUT2D eigenvalue weighted by molar-refractivity contribution is 5.96. The number of H-pyrrole nitrogens is 1. The normalized spacial score (nSPS) is 12.7. The van der Waals surface area contributed by atoms with E-state index in [4.69, 9.17) is 5.73 Å². The van der Waals surface area contributed by atoms with Crippen LogP contribution in [0.5, 0.6) is 0 Å². The number of primary amides is 1. The Morgan fingerprint density at radius 3 is 2.95 bits per heavy atom. The molecule has 0 fully saturated rings. The van der Waals surface area contributed by atoms with Gasteiger partial charge >= 0.3 is 0 Å². The molecule has 2 heterocycles. The van der Waals surface area contributed by atoms with Crippen molar-refractivity contribution in [2.24, 2.45) is 5.73 Å². The Morgan fingerprint density at radius 1 is 1.42 bits per heavy atom. The van der Waals surface area contributed by atoms with Gasteiger partial charge in [0, 0.05) is 23.7 Å². The number of rotatable bonds is 1. The first-order valence-corrected chi connectivity index (χ1v) is 6.08. The van der Waals surface area contributed by atoms with E-state index >= 15 is 0 Å².